The Bertz CT molecular complexity index is 781. The molecule has 1 fully saturated rings. The van der Waals surface area contributed by atoms with Crippen LogP contribution in [0.15, 0.2) is 36.7 Å². The zero-order chi connectivity index (χ0) is 18.0. The number of anilines is 2. The van der Waals surface area contributed by atoms with Gasteiger partial charge in [0.15, 0.2) is 0 Å². The van der Waals surface area contributed by atoms with E-state index in [0.717, 1.165) is 13.0 Å². The fraction of sp³-hybridized carbons (Fsp3) is 0.421. The molecule has 1 aliphatic rings. The van der Waals surface area contributed by atoms with Gasteiger partial charge in [-0.1, -0.05) is 26.8 Å². The predicted octanol–water partition coefficient (Wildman–Crippen LogP) is 3.39. The fourth-order valence-electron chi connectivity index (χ4n) is 2.81. The van der Waals surface area contributed by atoms with Crippen molar-refractivity contribution in [1.29, 1.82) is 0 Å². The van der Waals surface area contributed by atoms with Gasteiger partial charge >= 0.3 is 0 Å². The number of carbonyl (C=O) groups excluding carboxylic acids is 2. The van der Waals surface area contributed by atoms with E-state index in [2.05, 4.69) is 36.4 Å². The zero-order valence-corrected chi connectivity index (χ0v) is 14.8. The number of aromatic nitrogens is 2. The summed E-state index contributed by atoms with van der Waals surface area (Å²) < 4.78 is 1.92. The van der Waals surface area contributed by atoms with Gasteiger partial charge in [0, 0.05) is 36.1 Å². The molecule has 6 nitrogen and oxygen atoms in total. The Morgan fingerprint density at radius 3 is 2.76 bits per heavy atom. The van der Waals surface area contributed by atoms with Crippen molar-refractivity contribution in [2.45, 2.75) is 33.7 Å². The molecule has 1 aliphatic carbocycles. The molecule has 0 unspecified atom stereocenters. The molecule has 2 atom stereocenters. The first-order chi connectivity index (χ1) is 11.9. The third kappa shape index (κ3) is 4.26. The number of hydrogen-bond acceptors (Lipinski definition) is 3. The van der Waals surface area contributed by atoms with Crippen molar-refractivity contribution in [1.82, 2.24) is 9.55 Å². The van der Waals surface area contributed by atoms with E-state index in [1.54, 1.807) is 30.5 Å². The second-order valence-electron chi connectivity index (χ2n) is 7.14. The predicted molar refractivity (Wildman–Crippen MR) is 97.4 cm³/mol. The number of carbonyl (C=O) groups is 2. The van der Waals surface area contributed by atoms with Crippen LogP contribution in [0.5, 0.6) is 0 Å². The summed E-state index contributed by atoms with van der Waals surface area (Å²) in [5, 5.41) is 5.72. The molecule has 0 bridgehead atoms. The maximum Gasteiger partial charge on any atom is 0.258 e. The number of benzene rings is 1. The molecule has 6 heteroatoms. The van der Waals surface area contributed by atoms with Crippen molar-refractivity contribution in [2.24, 2.45) is 17.8 Å². The summed E-state index contributed by atoms with van der Waals surface area (Å²) in [6.45, 7) is 7.07. The average molecular weight is 340 g/mol. The van der Waals surface area contributed by atoms with Gasteiger partial charge in [-0.05, 0) is 36.5 Å². The number of hydrogen-bond donors (Lipinski definition) is 2. The smallest absolute Gasteiger partial charge is 0.258 e. The van der Waals surface area contributed by atoms with Crippen LogP contribution in [0.3, 0.4) is 0 Å². The van der Waals surface area contributed by atoms with Gasteiger partial charge < -0.3 is 9.88 Å². The molecule has 2 N–H and O–H groups in total. The molecular weight excluding hydrogens is 316 g/mol. The molecule has 1 saturated carbocycles. The fourth-order valence-corrected chi connectivity index (χ4v) is 2.81. The van der Waals surface area contributed by atoms with Crippen LogP contribution in [0.4, 0.5) is 11.6 Å². The zero-order valence-electron chi connectivity index (χ0n) is 14.8. The van der Waals surface area contributed by atoms with Crippen molar-refractivity contribution < 1.29 is 9.59 Å². The first kappa shape index (κ1) is 17.2. The molecular formula is C19H24N4O2. The van der Waals surface area contributed by atoms with Gasteiger partial charge in [-0.2, -0.15) is 0 Å². The lowest BCUT2D eigenvalue weighted by Gasteiger charge is -2.11. The Balaban J connectivity index is 1.67. The van der Waals surface area contributed by atoms with Crippen molar-refractivity contribution in [3.63, 3.8) is 0 Å². The minimum Gasteiger partial charge on any atom is -0.326 e. The highest BCUT2D eigenvalue weighted by Crippen LogP contribution is 2.38. The third-order valence-electron chi connectivity index (χ3n) is 4.34. The minimum absolute atomic E-state index is 0.0255. The van der Waals surface area contributed by atoms with Crippen molar-refractivity contribution >= 4 is 23.5 Å². The Labute approximate surface area is 147 Å². The van der Waals surface area contributed by atoms with Gasteiger partial charge in [-0.3, -0.25) is 14.9 Å². The third-order valence-corrected chi connectivity index (χ3v) is 4.34. The second-order valence-corrected chi connectivity index (χ2v) is 7.14. The second kappa shape index (κ2) is 7.09. The number of imidazole rings is 1. The van der Waals surface area contributed by atoms with E-state index in [-0.39, 0.29) is 17.7 Å². The van der Waals surface area contributed by atoms with E-state index in [9.17, 15) is 9.59 Å². The number of rotatable bonds is 6. The summed E-state index contributed by atoms with van der Waals surface area (Å²) in [5.41, 5.74) is 1.13. The van der Waals surface area contributed by atoms with E-state index >= 15 is 0 Å². The molecule has 25 heavy (non-hydrogen) atoms. The molecule has 3 rings (SSSR count). The van der Waals surface area contributed by atoms with E-state index < -0.39 is 0 Å². The summed E-state index contributed by atoms with van der Waals surface area (Å²) >= 11 is 0. The molecule has 0 radical (unpaired) electrons. The lowest BCUT2D eigenvalue weighted by molar-refractivity contribution is -0.117. The quantitative estimate of drug-likeness (QED) is 0.846. The summed E-state index contributed by atoms with van der Waals surface area (Å²) in [6, 6.07) is 6.97. The normalized spacial score (nSPS) is 18.9. The van der Waals surface area contributed by atoms with E-state index in [4.69, 9.17) is 0 Å². The molecule has 132 valence electrons. The van der Waals surface area contributed by atoms with Gasteiger partial charge in [0.25, 0.3) is 5.91 Å². The van der Waals surface area contributed by atoms with Gasteiger partial charge in [0.2, 0.25) is 11.9 Å². The maximum atomic E-state index is 12.5. The van der Waals surface area contributed by atoms with Crippen LogP contribution in [-0.2, 0) is 11.3 Å². The lowest BCUT2D eigenvalue weighted by atomic mass is 10.2. The largest absolute Gasteiger partial charge is 0.326 e. The van der Waals surface area contributed by atoms with E-state index in [0.29, 0.717) is 29.0 Å². The van der Waals surface area contributed by atoms with Crippen LogP contribution >= 0.6 is 0 Å². The standard InChI is InChI=1S/C19H24N4O2/c1-12(2)11-23-8-7-20-19(23)22-17(24)14-5-4-6-15(10-14)21-18(25)16-9-13(16)3/h4-8,10,12-13,16H,9,11H2,1-3H3,(H,21,25)(H,20,22,24)/t13-,16-/m0/s1. The summed E-state index contributed by atoms with van der Waals surface area (Å²) in [4.78, 5) is 28.8. The van der Waals surface area contributed by atoms with Crippen LogP contribution in [0, 0.1) is 17.8 Å². The average Bonchev–Trinajstić information content (AvgIpc) is 3.15. The topological polar surface area (TPSA) is 76.0 Å². The van der Waals surface area contributed by atoms with Crippen molar-refractivity contribution in [3.8, 4) is 0 Å². The summed E-state index contributed by atoms with van der Waals surface area (Å²) in [5.74, 6) is 1.31. The Hall–Kier alpha value is -2.63. The van der Waals surface area contributed by atoms with E-state index in [1.165, 1.54) is 0 Å². The van der Waals surface area contributed by atoms with Crippen LogP contribution in [-0.4, -0.2) is 21.4 Å². The molecule has 0 saturated heterocycles. The van der Waals surface area contributed by atoms with Gasteiger partial charge in [0.1, 0.15) is 0 Å². The summed E-state index contributed by atoms with van der Waals surface area (Å²) in [6.07, 6.45) is 4.46. The molecule has 1 heterocycles. The minimum atomic E-state index is -0.243. The highest BCUT2D eigenvalue weighted by molar-refractivity contribution is 6.04. The van der Waals surface area contributed by atoms with E-state index in [1.807, 2.05) is 10.8 Å². The van der Waals surface area contributed by atoms with Crippen LogP contribution in [0.2, 0.25) is 0 Å². The van der Waals surface area contributed by atoms with Gasteiger partial charge in [-0.25, -0.2) is 4.98 Å². The Morgan fingerprint density at radius 1 is 1.32 bits per heavy atom. The molecule has 2 amide bonds. The SMILES string of the molecule is CC(C)Cn1ccnc1NC(=O)c1cccc(NC(=O)[C@H]2C[C@@H]2C)c1. The first-order valence-electron chi connectivity index (χ1n) is 8.67. The molecule has 0 aliphatic heterocycles. The maximum absolute atomic E-state index is 12.5. The molecule has 2 aromatic rings. The van der Waals surface area contributed by atoms with Crippen LogP contribution in [0.25, 0.3) is 0 Å². The monoisotopic (exact) mass is 340 g/mol. The lowest BCUT2D eigenvalue weighted by Crippen LogP contribution is -2.18. The molecule has 1 aromatic carbocycles. The number of amides is 2. The molecule has 0 spiro atoms. The first-order valence-corrected chi connectivity index (χ1v) is 8.67. The number of nitrogens with zero attached hydrogens (tertiary/aromatic N) is 2. The van der Waals surface area contributed by atoms with Crippen molar-refractivity contribution in [3.05, 3.63) is 42.2 Å². The Kier molecular flexibility index (Phi) is 4.88. The van der Waals surface area contributed by atoms with Gasteiger partial charge in [0.05, 0.1) is 0 Å². The molecule has 1 aromatic heterocycles. The highest BCUT2D eigenvalue weighted by Gasteiger charge is 2.39. The van der Waals surface area contributed by atoms with Gasteiger partial charge in [-0.15, -0.1) is 0 Å². The van der Waals surface area contributed by atoms with Crippen LogP contribution in [0.1, 0.15) is 37.6 Å². The Morgan fingerprint density at radius 2 is 2.08 bits per heavy atom. The highest BCUT2D eigenvalue weighted by atomic mass is 16.2. The number of nitrogens with one attached hydrogen (secondary N) is 2. The summed E-state index contributed by atoms with van der Waals surface area (Å²) in [7, 11) is 0. The van der Waals surface area contributed by atoms with Crippen molar-refractivity contribution in [2.75, 3.05) is 10.6 Å². The van der Waals surface area contributed by atoms with Crippen LogP contribution < -0.4 is 10.6 Å².